The van der Waals surface area contributed by atoms with Crippen LogP contribution >= 0.6 is 0 Å². The minimum Gasteiger partial charge on any atom is -0.372 e. The van der Waals surface area contributed by atoms with Gasteiger partial charge in [0.2, 0.25) is 5.91 Å². The molecule has 4 N–H and O–H groups in total. The first-order chi connectivity index (χ1) is 25.1. The predicted molar refractivity (Wildman–Crippen MR) is 204 cm³/mol. The van der Waals surface area contributed by atoms with Crippen LogP contribution in [0.5, 0.6) is 0 Å². The molecular weight excluding hydrogens is 637 g/mol. The standard InChI is InChI=1S/C17H20N4O.C13H17NO.C11H17N3/c22-17(20-16-5-2-8-19-21-16)12-13-3-1-4-15(11-13)14-6-9-18-10-7-14;15-9-6-11-2-1-3-13(10-11)12-4-7-14-8-5-12;1-12-11-8-7-10(13-14-11)9-5-3-2-4-6-9/h1-5,8,11,14,18H,6-7,9-10,12H2,(H,20,21,22);1-3,9-10,12,14H,4-8H2;7-9H,2-6H2,1H3,(H,12,14). The molecule has 3 aliphatic rings. The highest BCUT2D eigenvalue weighted by Gasteiger charge is 2.18. The molecule has 1 amide bonds. The van der Waals surface area contributed by atoms with Crippen LogP contribution in [0.1, 0.15) is 103 Å². The highest BCUT2D eigenvalue weighted by molar-refractivity contribution is 5.91. The summed E-state index contributed by atoms with van der Waals surface area (Å²) in [6.45, 7) is 4.37. The van der Waals surface area contributed by atoms with E-state index in [1.165, 1.54) is 61.8 Å². The van der Waals surface area contributed by atoms with Gasteiger partial charge in [0.15, 0.2) is 5.82 Å². The zero-order valence-corrected chi connectivity index (χ0v) is 30.0. The summed E-state index contributed by atoms with van der Waals surface area (Å²) in [5.41, 5.74) is 6.09. The lowest BCUT2D eigenvalue weighted by atomic mass is 9.87. The minimum atomic E-state index is -0.0667. The molecule has 0 unspecified atom stereocenters. The molecule has 2 aliphatic heterocycles. The Morgan fingerprint density at radius 2 is 1.35 bits per heavy atom. The van der Waals surface area contributed by atoms with Crippen molar-refractivity contribution >= 4 is 23.8 Å². The highest BCUT2D eigenvalue weighted by atomic mass is 16.1. The van der Waals surface area contributed by atoms with Gasteiger partial charge in [-0.2, -0.15) is 10.2 Å². The third-order valence-electron chi connectivity index (χ3n) is 10.0. The van der Waals surface area contributed by atoms with Crippen molar-refractivity contribution in [3.8, 4) is 0 Å². The third-order valence-corrected chi connectivity index (χ3v) is 10.0. The van der Waals surface area contributed by atoms with Crippen molar-refractivity contribution in [1.82, 2.24) is 31.0 Å². The van der Waals surface area contributed by atoms with E-state index < -0.39 is 0 Å². The smallest absolute Gasteiger partial charge is 0.229 e. The Morgan fingerprint density at radius 1 is 0.706 bits per heavy atom. The minimum absolute atomic E-state index is 0.0667. The molecule has 1 aliphatic carbocycles. The maximum atomic E-state index is 12.1. The molecule has 10 nitrogen and oxygen atoms in total. The van der Waals surface area contributed by atoms with E-state index in [1.807, 2.05) is 31.3 Å². The van der Waals surface area contributed by atoms with Crippen LogP contribution in [-0.2, 0) is 22.4 Å². The van der Waals surface area contributed by atoms with Crippen LogP contribution in [0.25, 0.3) is 0 Å². The quantitative estimate of drug-likeness (QED) is 0.144. The molecule has 10 heteroatoms. The maximum absolute atomic E-state index is 12.1. The zero-order valence-electron chi connectivity index (χ0n) is 30.0. The number of anilines is 2. The summed E-state index contributed by atoms with van der Waals surface area (Å²) in [5.74, 6) is 3.21. The summed E-state index contributed by atoms with van der Waals surface area (Å²) in [7, 11) is 1.87. The third kappa shape index (κ3) is 12.6. The number of aromatic nitrogens is 4. The fourth-order valence-corrected chi connectivity index (χ4v) is 7.17. The van der Waals surface area contributed by atoms with Crippen molar-refractivity contribution in [3.63, 3.8) is 0 Å². The number of hydrogen-bond acceptors (Lipinski definition) is 9. The molecule has 7 rings (SSSR count). The SMILES string of the molecule is CNc1ccc(C2CCCCC2)nn1.O=C(Cc1cccc(C2CCNCC2)c1)Nc1cccnn1.O=CCc1cccc(C2CCNCC2)c1. The lowest BCUT2D eigenvalue weighted by molar-refractivity contribution is -0.115. The van der Waals surface area contributed by atoms with Gasteiger partial charge in [-0.15, -0.1) is 10.2 Å². The van der Waals surface area contributed by atoms with Gasteiger partial charge >= 0.3 is 0 Å². The fraction of sp³-hybridized carbons (Fsp3) is 0.463. The Labute approximate surface area is 303 Å². The number of aldehydes is 1. The molecule has 51 heavy (non-hydrogen) atoms. The molecule has 2 aromatic heterocycles. The second-order valence-corrected chi connectivity index (χ2v) is 13.7. The first-order valence-corrected chi connectivity index (χ1v) is 18.7. The van der Waals surface area contributed by atoms with Gasteiger partial charge in [-0.05, 0) is 123 Å². The van der Waals surface area contributed by atoms with Crippen LogP contribution in [0.15, 0.2) is 79.0 Å². The van der Waals surface area contributed by atoms with Gasteiger partial charge < -0.3 is 26.1 Å². The van der Waals surface area contributed by atoms with Crippen LogP contribution < -0.4 is 21.3 Å². The average molecular weight is 691 g/mol. The van der Waals surface area contributed by atoms with E-state index in [-0.39, 0.29) is 5.91 Å². The summed E-state index contributed by atoms with van der Waals surface area (Å²) < 4.78 is 0. The van der Waals surface area contributed by atoms with Crippen molar-refractivity contribution in [3.05, 3.63) is 107 Å². The largest absolute Gasteiger partial charge is 0.372 e. The monoisotopic (exact) mass is 690 g/mol. The van der Waals surface area contributed by atoms with Gasteiger partial charge in [0, 0.05) is 25.6 Å². The fourth-order valence-electron chi connectivity index (χ4n) is 7.17. The summed E-state index contributed by atoms with van der Waals surface area (Å²) in [6.07, 6.45) is 14.9. The molecule has 0 spiro atoms. The van der Waals surface area contributed by atoms with E-state index in [1.54, 1.807) is 18.3 Å². The maximum Gasteiger partial charge on any atom is 0.229 e. The first kappa shape index (κ1) is 37.7. The van der Waals surface area contributed by atoms with E-state index in [2.05, 4.69) is 78.1 Å². The Bertz CT molecular complexity index is 1600. The predicted octanol–water partition coefficient (Wildman–Crippen LogP) is 6.59. The van der Waals surface area contributed by atoms with Gasteiger partial charge in [0.05, 0.1) is 12.1 Å². The summed E-state index contributed by atoms with van der Waals surface area (Å²) in [4.78, 5) is 22.5. The molecule has 270 valence electrons. The number of amides is 1. The zero-order chi connectivity index (χ0) is 35.5. The number of hydrogen-bond donors (Lipinski definition) is 4. The number of nitrogens with one attached hydrogen (secondary N) is 4. The lowest BCUT2D eigenvalue weighted by Gasteiger charge is -2.23. The van der Waals surface area contributed by atoms with Crippen LogP contribution in [0.2, 0.25) is 0 Å². The van der Waals surface area contributed by atoms with E-state index in [0.717, 1.165) is 62.3 Å². The van der Waals surface area contributed by atoms with Crippen molar-refractivity contribution < 1.29 is 9.59 Å². The molecular formula is C41H54N8O2. The van der Waals surface area contributed by atoms with Crippen LogP contribution in [0.4, 0.5) is 11.6 Å². The van der Waals surface area contributed by atoms with E-state index in [4.69, 9.17) is 0 Å². The van der Waals surface area contributed by atoms with Crippen LogP contribution in [0, 0.1) is 0 Å². The van der Waals surface area contributed by atoms with E-state index in [0.29, 0.717) is 36.4 Å². The van der Waals surface area contributed by atoms with E-state index >= 15 is 0 Å². The second-order valence-electron chi connectivity index (χ2n) is 13.7. The normalized spacial score (nSPS) is 16.8. The number of benzene rings is 2. The number of rotatable bonds is 9. The van der Waals surface area contributed by atoms with Gasteiger partial charge in [0.1, 0.15) is 12.1 Å². The summed E-state index contributed by atoms with van der Waals surface area (Å²) in [5, 5.41) is 28.5. The van der Waals surface area contributed by atoms with Crippen molar-refractivity contribution in [2.75, 3.05) is 43.9 Å². The van der Waals surface area contributed by atoms with Crippen molar-refractivity contribution in [2.24, 2.45) is 0 Å². The topological polar surface area (TPSA) is 134 Å². The average Bonchev–Trinajstić information content (AvgIpc) is 3.20. The molecule has 0 bridgehead atoms. The van der Waals surface area contributed by atoms with Gasteiger partial charge in [0.25, 0.3) is 0 Å². The van der Waals surface area contributed by atoms with Gasteiger partial charge in [-0.3, -0.25) is 4.79 Å². The van der Waals surface area contributed by atoms with Gasteiger partial charge in [-0.25, -0.2) is 0 Å². The Hall–Kier alpha value is -4.54. The Balaban J connectivity index is 0.000000154. The van der Waals surface area contributed by atoms with Crippen molar-refractivity contribution in [1.29, 1.82) is 0 Å². The molecule has 2 aromatic carbocycles. The molecule has 4 heterocycles. The van der Waals surface area contributed by atoms with Crippen molar-refractivity contribution in [2.45, 2.75) is 88.4 Å². The first-order valence-electron chi connectivity index (χ1n) is 18.7. The van der Waals surface area contributed by atoms with E-state index in [9.17, 15) is 9.59 Å². The number of nitrogens with zero attached hydrogens (tertiary/aromatic N) is 4. The molecule has 1 saturated carbocycles. The number of carbonyl (C=O) groups is 2. The number of carbonyl (C=O) groups excluding carboxylic acids is 2. The van der Waals surface area contributed by atoms with Gasteiger partial charge in [-0.1, -0.05) is 67.8 Å². The Kier molecular flexibility index (Phi) is 15.5. The molecule has 4 aromatic rings. The summed E-state index contributed by atoms with van der Waals surface area (Å²) >= 11 is 0. The summed E-state index contributed by atoms with van der Waals surface area (Å²) in [6, 6.07) is 24.4. The Morgan fingerprint density at radius 3 is 1.92 bits per heavy atom. The second kappa shape index (κ2) is 21.0. The number of piperidine rings is 2. The van der Waals surface area contributed by atoms with Crippen LogP contribution in [-0.4, -0.2) is 65.8 Å². The molecule has 2 saturated heterocycles. The molecule has 3 fully saturated rings. The van der Waals surface area contributed by atoms with Crippen LogP contribution in [0.3, 0.4) is 0 Å². The molecule has 0 radical (unpaired) electrons. The highest BCUT2D eigenvalue weighted by Crippen LogP contribution is 2.31. The lowest BCUT2D eigenvalue weighted by Crippen LogP contribution is -2.26. The molecule has 0 atom stereocenters.